The van der Waals surface area contributed by atoms with Gasteiger partial charge in [0.25, 0.3) is 0 Å². The molecule has 128 valence electrons. The van der Waals surface area contributed by atoms with Gasteiger partial charge in [-0.3, -0.25) is 0 Å². The third-order valence-corrected chi connectivity index (χ3v) is 5.02. The van der Waals surface area contributed by atoms with E-state index in [0.29, 0.717) is 23.0 Å². The normalized spacial score (nSPS) is 28.0. The first-order valence-corrected chi connectivity index (χ1v) is 8.47. The molecule has 1 heterocycles. The second-order valence-electron chi connectivity index (χ2n) is 6.11. The Morgan fingerprint density at radius 3 is 2.83 bits per heavy atom. The molecule has 7 heteroatoms. The Balaban J connectivity index is 0.00000192. The van der Waals surface area contributed by atoms with E-state index >= 15 is 0 Å². The molecule has 4 nitrogen and oxygen atoms in total. The number of ether oxygens (including phenoxy) is 1. The molecule has 1 atom stereocenters. The predicted octanol–water partition coefficient (Wildman–Crippen LogP) is 3.49. The Morgan fingerprint density at radius 2 is 2.17 bits per heavy atom. The molecule has 1 unspecified atom stereocenters. The smallest absolute Gasteiger partial charge is 0.191 e. The quantitative estimate of drug-likeness (QED) is 0.386. The maximum atomic E-state index is 13.3. The third-order valence-electron chi connectivity index (χ3n) is 4.41. The summed E-state index contributed by atoms with van der Waals surface area (Å²) in [5.74, 6) is 0.851. The molecule has 3 rings (SSSR count). The molecule has 2 aliphatic rings. The van der Waals surface area contributed by atoms with Gasteiger partial charge in [0.1, 0.15) is 5.82 Å². The molecule has 1 aromatic rings. The topological polar surface area (TPSA) is 50.8 Å². The highest BCUT2D eigenvalue weighted by Crippen LogP contribution is 2.39. The van der Waals surface area contributed by atoms with Gasteiger partial charge in [0.15, 0.2) is 5.96 Å². The lowest BCUT2D eigenvalue weighted by atomic mass is 9.76. The summed E-state index contributed by atoms with van der Waals surface area (Å²) in [4.78, 5) is 6.73. The largest absolute Gasteiger partial charge is 0.375 e. The van der Waals surface area contributed by atoms with Gasteiger partial charge in [0.05, 0.1) is 23.2 Å². The number of benzene rings is 1. The summed E-state index contributed by atoms with van der Waals surface area (Å²) >= 11 is 3.24. The maximum absolute atomic E-state index is 13.3. The van der Waals surface area contributed by atoms with E-state index in [-0.39, 0.29) is 41.9 Å². The summed E-state index contributed by atoms with van der Waals surface area (Å²) in [7, 11) is 0. The van der Waals surface area contributed by atoms with Crippen LogP contribution in [0.5, 0.6) is 0 Å². The average Bonchev–Trinajstić information content (AvgIpc) is 2.45. The molecule has 1 aliphatic carbocycles. The van der Waals surface area contributed by atoms with Gasteiger partial charge in [-0.25, -0.2) is 9.38 Å². The minimum atomic E-state index is -0.219. The fourth-order valence-corrected chi connectivity index (χ4v) is 3.42. The Morgan fingerprint density at radius 1 is 1.43 bits per heavy atom. The van der Waals surface area contributed by atoms with Crippen molar-refractivity contribution in [3.05, 3.63) is 34.1 Å². The number of nitrogens with zero attached hydrogens (tertiary/aromatic N) is 2. The molecule has 0 aromatic heterocycles. The van der Waals surface area contributed by atoms with Crippen LogP contribution < -0.4 is 5.73 Å². The van der Waals surface area contributed by atoms with Crippen LogP contribution in [0.4, 0.5) is 4.39 Å². The number of guanidine groups is 1. The standard InChI is InChI=1S/C16H21BrFN3O.HI/c1-10-9-21(4-5-22-10)16(19)20-13-6-12(7-13)11-2-3-15(18)14(17)8-11;/h2-3,8,10,12-13H,4-7,9H2,1H3,(H2,19,20);1H. The van der Waals surface area contributed by atoms with Crippen molar-refractivity contribution in [3.8, 4) is 0 Å². The van der Waals surface area contributed by atoms with Crippen molar-refractivity contribution in [1.82, 2.24) is 4.90 Å². The van der Waals surface area contributed by atoms with Gasteiger partial charge >= 0.3 is 0 Å². The van der Waals surface area contributed by atoms with Crippen LogP contribution in [0.1, 0.15) is 31.2 Å². The third kappa shape index (κ3) is 4.57. The number of nitrogens with two attached hydrogens (primary N) is 1. The van der Waals surface area contributed by atoms with Crippen molar-refractivity contribution in [2.45, 2.75) is 37.8 Å². The number of hydrogen-bond donors (Lipinski definition) is 1. The highest BCUT2D eigenvalue weighted by Gasteiger charge is 2.31. The molecule has 23 heavy (non-hydrogen) atoms. The fraction of sp³-hybridized carbons (Fsp3) is 0.562. The number of aliphatic imine (C=N–C) groups is 1. The van der Waals surface area contributed by atoms with Gasteiger partial charge in [-0.1, -0.05) is 6.07 Å². The molecule has 2 N–H and O–H groups in total. The zero-order chi connectivity index (χ0) is 15.7. The molecule has 2 fully saturated rings. The van der Waals surface area contributed by atoms with E-state index in [1.54, 1.807) is 0 Å². The minimum absolute atomic E-state index is 0. The average molecular weight is 498 g/mol. The zero-order valence-corrected chi connectivity index (χ0v) is 17.0. The van der Waals surface area contributed by atoms with E-state index in [0.717, 1.165) is 25.9 Å². The summed E-state index contributed by atoms with van der Waals surface area (Å²) in [6, 6.07) is 5.51. The number of halogens is 3. The maximum Gasteiger partial charge on any atom is 0.191 e. The molecular formula is C16H22BrFIN3O. The Kier molecular flexibility index (Phi) is 6.67. The highest BCUT2D eigenvalue weighted by molar-refractivity contribution is 14.0. The van der Waals surface area contributed by atoms with E-state index in [4.69, 9.17) is 10.5 Å². The van der Waals surface area contributed by atoms with Gasteiger partial charge in [-0.15, -0.1) is 24.0 Å². The van der Waals surface area contributed by atoms with E-state index in [1.165, 1.54) is 11.6 Å². The van der Waals surface area contributed by atoms with E-state index in [1.807, 2.05) is 19.1 Å². The van der Waals surface area contributed by atoms with Crippen molar-refractivity contribution in [1.29, 1.82) is 0 Å². The van der Waals surface area contributed by atoms with Crippen molar-refractivity contribution >= 4 is 45.9 Å². The van der Waals surface area contributed by atoms with Crippen LogP contribution in [-0.2, 0) is 4.74 Å². The number of morpholine rings is 1. The van der Waals surface area contributed by atoms with E-state index in [2.05, 4.69) is 25.8 Å². The summed E-state index contributed by atoms with van der Waals surface area (Å²) in [5, 5.41) is 0. The van der Waals surface area contributed by atoms with Gasteiger partial charge in [-0.2, -0.15) is 0 Å². The van der Waals surface area contributed by atoms with Gasteiger partial charge < -0.3 is 15.4 Å². The lowest BCUT2D eigenvalue weighted by Gasteiger charge is -2.36. The molecule has 0 spiro atoms. The molecule has 0 bridgehead atoms. The van der Waals surface area contributed by atoms with Crippen molar-refractivity contribution in [2.24, 2.45) is 10.7 Å². The molecule has 1 aromatic carbocycles. The number of hydrogen-bond acceptors (Lipinski definition) is 2. The lowest BCUT2D eigenvalue weighted by molar-refractivity contribution is 0.00512. The van der Waals surface area contributed by atoms with Gasteiger partial charge in [0, 0.05) is 13.1 Å². The summed E-state index contributed by atoms with van der Waals surface area (Å²) in [6.07, 6.45) is 2.14. The lowest BCUT2D eigenvalue weighted by Crippen LogP contribution is -2.48. The van der Waals surface area contributed by atoms with Crippen molar-refractivity contribution in [2.75, 3.05) is 19.7 Å². The van der Waals surface area contributed by atoms with Crippen LogP contribution in [-0.4, -0.2) is 42.7 Å². The second-order valence-corrected chi connectivity index (χ2v) is 6.96. The summed E-state index contributed by atoms with van der Waals surface area (Å²) in [5.41, 5.74) is 7.28. The first-order chi connectivity index (χ1) is 10.5. The van der Waals surface area contributed by atoms with Gasteiger partial charge in [0.2, 0.25) is 0 Å². The molecule has 1 saturated heterocycles. The molecule has 0 radical (unpaired) electrons. The van der Waals surface area contributed by atoms with Crippen LogP contribution in [0, 0.1) is 5.82 Å². The fourth-order valence-electron chi connectivity index (χ4n) is 3.03. The van der Waals surface area contributed by atoms with Crippen LogP contribution in [0.15, 0.2) is 27.7 Å². The monoisotopic (exact) mass is 497 g/mol. The summed E-state index contributed by atoms with van der Waals surface area (Å²) in [6.45, 7) is 4.36. The SMILES string of the molecule is CC1CN(C(N)=NC2CC(c3ccc(F)c(Br)c3)C2)CCO1.I. The minimum Gasteiger partial charge on any atom is -0.375 e. The van der Waals surface area contributed by atoms with E-state index in [9.17, 15) is 4.39 Å². The Bertz CT molecular complexity index is 580. The molecule has 1 aliphatic heterocycles. The Labute approximate surface area is 161 Å². The first-order valence-electron chi connectivity index (χ1n) is 7.67. The molecular weight excluding hydrogens is 476 g/mol. The van der Waals surface area contributed by atoms with Crippen LogP contribution >= 0.6 is 39.9 Å². The van der Waals surface area contributed by atoms with Crippen LogP contribution in [0.25, 0.3) is 0 Å². The van der Waals surface area contributed by atoms with E-state index < -0.39 is 0 Å². The molecule has 0 amide bonds. The molecule has 1 saturated carbocycles. The number of rotatable bonds is 2. The Hall–Kier alpha value is -0.410. The van der Waals surface area contributed by atoms with Gasteiger partial charge in [-0.05, 0) is 59.3 Å². The van der Waals surface area contributed by atoms with Crippen LogP contribution in [0.2, 0.25) is 0 Å². The highest BCUT2D eigenvalue weighted by atomic mass is 127. The predicted molar refractivity (Wildman–Crippen MR) is 104 cm³/mol. The zero-order valence-electron chi connectivity index (χ0n) is 13.0. The first kappa shape index (κ1) is 18.9. The summed E-state index contributed by atoms with van der Waals surface area (Å²) < 4.78 is 19.3. The van der Waals surface area contributed by atoms with Crippen LogP contribution in [0.3, 0.4) is 0 Å². The second kappa shape index (κ2) is 8.11. The van der Waals surface area contributed by atoms with Crippen molar-refractivity contribution in [3.63, 3.8) is 0 Å². The van der Waals surface area contributed by atoms with Crippen molar-refractivity contribution < 1.29 is 9.13 Å².